The minimum Gasteiger partial charge on any atom is -0.477 e. The van der Waals surface area contributed by atoms with E-state index in [9.17, 15) is 4.79 Å². The van der Waals surface area contributed by atoms with Crippen molar-refractivity contribution in [1.82, 2.24) is 4.98 Å². The van der Waals surface area contributed by atoms with Crippen LogP contribution in [-0.4, -0.2) is 23.2 Å². The first kappa shape index (κ1) is 11.3. The molecule has 0 atom stereocenters. The first-order chi connectivity index (χ1) is 7.72. The van der Waals surface area contributed by atoms with Crippen LogP contribution in [-0.2, 0) is 11.3 Å². The number of carbonyl (C=O) groups is 1. The SMILES string of the molecule is COCc1nc(-c2ccsc2)sc1C(=O)O. The van der Waals surface area contributed by atoms with Crippen LogP contribution < -0.4 is 0 Å². The second kappa shape index (κ2) is 4.73. The second-order valence-electron chi connectivity index (χ2n) is 3.05. The summed E-state index contributed by atoms with van der Waals surface area (Å²) in [5.41, 5.74) is 1.45. The molecule has 0 saturated heterocycles. The van der Waals surface area contributed by atoms with Crippen LogP contribution in [0.4, 0.5) is 0 Å². The fraction of sp³-hybridized carbons (Fsp3) is 0.200. The first-order valence-corrected chi connectivity index (χ1v) is 6.23. The van der Waals surface area contributed by atoms with Crippen LogP contribution in [0.25, 0.3) is 10.6 Å². The zero-order valence-electron chi connectivity index (χ0n) is 8.47. The largest absolute Gasteiger partial charge is 0.477 e. The molecule has 0 amide bonds. The van der Waals surface area contributed by atoms with E-state index < -0.39 is 5.97 Å². The van der Waals surface area contributed by atoms with Gasteiger partial charge in [0, 0.05) is 18.1 Å². The van der Waals surface area contributed by atoms with Crippen molar-refractivity contribution in [3.63, 3.8) is 0 Å². The number of carboxylic acids is 1. The normalized spacial score (nSPS) is 10.6. The van der Waals surface area contributed by atoms with Crippen LogP contribution in [0.5, 0.6) is 0 Å². The average Bonchev–Trinajstić information content (AvgIpc) is 2.83. The Kier molecular flexibility index (Phi) is 3.33. The second-order valence-corrected chi connectivity index (χ2v) is 4.82. The number of rotatable bonds is 4. The van der Waals surface area contributed by atoms with E-state index in [1.807, 2.05) is 16.8 Å². The Labute approximate surface area is 100 Å². The average molecular weight is 255 g/mol. The molecule has 0 spiro atoms. The van der Waals surface area contributed by atoms with Crippen molar-refractivity contribution in [3.05, 3.63) is 27.4 Å². The number of aromatic carboxylic acids is 1. The maximum absolute atomic E-state index is 11.0. The molecular formula is C10H9NO3S2. The molecule has 2 rings (SSSR count). The summed E-state index contributed by atoms with van der Waals surface area (Å²) in [7, 11) is 1.52. The Morgan fingerprint density at radius 1 is 1.62 bits per heavy atom. The number of thiophene rings is 1. The maximum Gasteiger partial charge on any atom is 0.347 e. The molecule has 1 N–H and O–H groups in total. The van der Waals surface area contributed by atoms with Gasteiger partial charge in [-0.1, -0.05) is 0 Å². The lowest BCUT2D eigenvalue weighted by molar-refractivity contribution is 0.0697. The van der Waals surface area contributed by atoms with Crippen LogP contribution in [0, 0.1) is 0 Å². The molecule has 6 heteroatoms. The van der Waals surface area contributed by atoms with Crippen molar-refractivity contribution >= 4 is 28.6 Å². The summed E-state index contributed by atoms with van der Waals surface area (Å²) in [6.45, 7) is 0.224. The maximum atomic E-state index is 11.0. The Bertz CT molecular complexity index is 490. The van der Waals surface area contributed by atoms with Crippen LogP contribution in [0.15, 0.2) is 16.8 Å². The molecule has 0 unspecified atom stereocenters. The number of nitrogens with zero attached hydrogens (tertiary/aromatic N) is 1. The monoisotopic (exact) mass is 255 g/mol. The summed E-state index contributed by atoms with van der Waals surface area (Å²) in [4.78, 5) is 15.5. The summed E-state index contributed by atoms with van der Waals surface area (Å²) >= 11 is 2.74. The molecule has 2 heterocycles. The third kappa shape index (κ3) is 2.13. The van der Waals surface area contributed by atoms with Crippen molar-refractivity contribution < 1.29 is 14.6 Å². The zero-order chi connectivity index (χ0) is 11.5. The van der Waals surface area contributed by atoms with Crippen molar-refractivity contribution in [3.8, 4) is 10.6 Å². The third-order valence-corrected chi connectivity index (χ3v) is 3.76. The van der Waals surface area contributed by atoms with Crippen LogP contribution in [0.2, 0.25) is 0 Å². The van der Waals surface area contributed by atoms with Crippen LogP contribution in [0.1, 0.15) is 15.4 Å². The van der Waals surface area contributed by atoms with Crippen LogP contribution in [0.3, 0.4) is 0 Å². The molecule has 0 aromatic carbocycles. The zero-order valence-corrected chi connectivity index (χ0v) is 10.1. The molecule has 0 aliphatic heterocycles. The summed E-state index contributed by atoms with van der Waals surface area (Å²) in [6.07, 6.45) is 0. The van der Waals surface area contributed by atoms with Crippen molar-refractivity contribution in [2.24, 2.45) is 0 Å². The predicted molar refractivity (Wildman–Crippen MR) is 63.1 cm³/mol. The molecule has 16 heavy (non-hydrogen) atoms. The molecular weight excluding hydrogens is 246 g/mol. The Morgan fingerprint density at radius 3 is 3.00 bits per heavy atom. The molecule has 0 saturated carbocycles. The van der Waals surface area contributed by atoms with Crippen LogP contribution >= 0.6 is 22.7 Å². The van der Waals surface area contributed by atoms with E-state index in [4.69, 9.17) is 9.84 Å². The molecule has 84 valence electrons. The number of carboxylic acid groups (broad SMARTS) is 1. The molecule has 0 fully saturated rings. The van der Waals surface area contributed by atoms with E-state index >= 15 is 0 Å². The molecule has 0 bridgehead atoms. The highest BCUT2D eigenvalue weighted by Gasteiger charge is 2.17. The number of hydrogen-bond donors (Lipinski definition) is 1. The van der Waals surface area contributed by atoms with E-state index in [-0.39, 0.29) is 11.5 Å². The predicted octanol–water partition coefficient (Wildman–Crippen LogP) is 2.72. The van der Waals surface area contributed by atoms with Gasteiger partial charge in [0.15, 0.2) is 0 Å². The molecule has 0 aliphatic rings. The number of thiazole rings is 1. The van der Waals surface area contributed by atoms with Gasteiger partial charge in [0.05, 0.1) is 12.3 Å². The Balaban J connectivity index is 2.42. The molecule has 2 aromatic heterocycles. The molecule has 4 nitrogen and oxygen atoms in total. The number of ether oxygens (including phenoxy) is 1. The van der Waals surface area contributed by atoms with Crippen molar-refractivity contribution in [1.29, 1.82) is 0 Å². The van der Waals surface area contributed by atoms with Gasteiger partial charge in [-0.2, -0.15) is 11.3 Å². The van der Waals surface area contributed by atoms with Gasteiger partial charge in [0.2, 0.25) is 0 Å². The van der Waals surface area contributed by atoms with Gasteiger partial charge in [-0.05, 0) is 11.4 Å². The number of aromatic nitrogens is 1. The Morgan fingerprint density at radius 2 is 2.44 bits per heavy atom. The van der Waals surface area contributed by atoms with Crippen molar-refractivity contribution in [2.75, 3.05) is 7.11 Å². The third-order valence-electron chi connectivity index (χ3n) is 1.94. The lowest BCUT2D eigenvalue weighted by atomic mass is 10.3. The molecule has 0 radical (unpaired) electrons. The molecule has 2 aromatic rings. The van der Waals surface area contributed by atoms with Gasteiger partial charge >= 0.3 is 5.97 Å². The van der Waals surface area contributed by atoms with E-state index in [2.05, 4.69) is 4.98 Å². The van der Waals surface area contributed by atoms with Gasteiger partial charge in [0.25, 0.3) is 0 Å². The summed E-state index contributed by atoms with van der Waals surface area (Å²) in [6, 6.07) is 1.92. The van der Waals surface area contributed by atoms with E-state index in [1.54, 1.807) is 11.3 Å². The number of methoxy groups -OCH3 is 1. The first-order valence-electron chi connectivity index (χ1n) is 4.47. The summed E-state index contributed by atoms with van der Waals surface area (Å²) < 4.78 is 4.93. The van der Waals surface area contributed by atoms with Gasteiger partial charge in [-0.25, -0.2) is 9.78 Å². The highest BCUT2D eigenvalue weighted by atomic mass is 32.1. The van der Waals surface area contributed by atoms with Gasteiger partial charge < -0.3 is 9.84 Å². The van der Waals surface area contributed by atoms with Gasteiger partial charge in [0.1, 0.15) is 9.88 Å². The van der Waals surface area contributed by atoms with E-state index in [0.29, 0.717) is 5.69 Å². The quantitative estimate of drug-likeness (QED) is 0.912. The Hall–Kier alpha value is -1.24. The fourth-order valence-corrected chi connectivity index (χ4v) is 2.88. The lowest BCUT2D eigenvalue weighted by Gasteiger charge is -1.94. The lowest BCUT2D eigenvalue weighted by Crippen LogP contribution is -1.99. The summed E-state index contributed by atoms with van der Waals surface area (Å²) in [5, 5.41) is 13.6. The fourth-order valence-electron chi connectivity index (χ4n) is 1.26. The van der Waals surface area contributed by atoms with Crippen molar-refractivity contribution in [2.45, 2.75) is 6.61 Å². The van der Waals surface area contributed by atoms with E-state index in [1.165, 1.54) is 18.4 Å². The van der Waals surface area contributed by atoms with Gasteiger partial charge in [-0.3, -0.25) is 0 Å². The molecule has 0 aliphatic carbocycles. The van der Waals surface area contributed by atoms with E-state index in [0.717, 1.165) is 10.6 Å². The smallest absolute Gasteiger partial charge is 0.347 e. The van der Waals surface area contributed by atoms with Gasteiger partial charge in [-0.15, -0.1) is 11.3 Å². The highest BCUT2D eigenvalue weighted by Crippen LogP contribution is 2.29. The highest BCUT2D eigenvalue weighted by molar-refractivity contribution is 7.17. The minimum atomic E-state index is -0.953. The minimum absolute atomic E-state index is 0.224. The summed E-state index contributed by atoms with van der Waals surface area (Å²) in [5.74, 6) is -0.953. The number of hydrogen-bond acceptors (Lipinski definition) is 5. The standard InChI is InChI=1S/C10H9NO3S2/c1-14-4-7-8(10(12)13)16-9(11-7)6-2-3-15-5-6/h2-3,5H,4H2,1H3,(H,12,13). The topological polar surface area (TPSA) is 59.4 Å².